The Balaban J connectivity index is 1.76. The predicted octanol–water partition coefficient (Wildman–Crippen LogP) is 6.51. The van der Waals surface area contributed by atoms with Crippen molar-refractivity contribution in [2.75, 3.05) is 0 Å². The Hall–Kier alpha value is -2.19. The van der Waals surface area contributed by atoms with E-state index >= 15 is 0 Å². The minimum absolute atomic E-state index is 0.0309. The number of halogens is 1. The Kier molecular flexibility index (Phi) is 3.65. The van der Waals surface area contributed by atoms with Crippen LogP contribution < -0.4 is 0 Å². The third-order valence-electron chi connectivity index (χ3n) is 4.81. The first kappa shape index (κ1) is 15.3. The van der Waals surface area contributed by atoms with Gasteiger partial charge in [-0.05, 0) is 61.9 Å². The van der Waals surface area contributed by atoms with Crippen molar-refractivity contribution in [3.05, 3.63) is 87.9 Å². The minimum Gasteiger partial charge on any atom is -0.255 e. The number of hydrogen-bond donors (Lipinski definition) is 0. The third-order valence-corrected chi connectivity index (χ3v) is 5.48. The quantitative estimate of drug-likeness (QED) is 0.453. The molecule has 0 bridgehead atoms. The van der Waals surface area contributed by atoms with Gasteiger partial charge < -0.3 is 0 Å². The van der Waals surface area contributed by atoms with Crippen LogP contribution in [0, 0.1) is 0 Å². The Bertz CT molecular complexity index is 954. The molecular formula is C22H18BrN. The van der Waals surface area contributed by atoms with Crippen molar-refractivity contribution in [3.63, 3.8) is 0 Å². The number of fused-ring (bicyclic) bond motifs is 3. The summed E-state index contributed by atoms with van der Waals surface area (Å²) in [6, 6.07) is 23.4. The van der Waals surface area contributed by atoms with E-state index in [0.717, 1.165) is 15.7 Å². The van der Waals surface area contributed by atoms with Gasteiger partial charge in [0.1, 0.15) is 0 Å². The molecule has 0 aromatic heterocycles. The summed E-state index contributed by atoms with van der Waals surface area (Å²) in [4.78, 5) is 4.63. The van der Waals surface area contributed by atoms with Gasteiger partial charge in [0.15, 0.2) is 0 Å². The van der Waals surface area contributed by atoms with Crippen LogP contribution in [0.2, 0.25) is 0 Å². The second kappa shape index (κ2) is 5.71. The summed E-state index contributed by atoms with van der Waals surface area (Å²) in [6.45, 7) is 4.60. The van der Waals surface area contributed by atoms with Crippen LogP contribution in [0.1, 0.15) is 30.5 Å². The topological polar surface area (TPSA) is 12.4 Å². The Morgan fingerprint density at radius 3 is 2.38 bits per heavy atom. The fourth-order valence-electron chi connectivity index (χ4n) is 3.50. The maximum absolute atomic E-state index is 4.63. The highest BCUT2D eigenvalue weighted by molar-refractivity contribution is 9.10. The molecule has 0 amide bonds. The van der Waals surface area contributed by atoms with E-state index < -0.39 is 0 Å². The summed E-state index contributed by atoms with van der Waals surface area (Å²) in [6.07, 6.45) is 1.94. The van der Waals surface area contributed by atoms with Crippen molar-refractivity contribution < 1.29 is 0 Å². The molecule has 118 valence electrons. The van der Waals surface area contributed by atoms with E-state index in [0.29, 0.717) is 0 Å². The number of hydrogen-bond acceptors (Lipinski definition) is 1. The highest BCUT2D eigenvalue weighted by atomic mass is 79.9. The van der Waals surface area contributed by atoms with Crippen molar-refractivity contribution in [2.24, 2.45) is 4.99 Å². The number of para-hydroxylation sites is 1. The zero-order chi connectivity index (χ0) is 16.7. The standard InChI is InChI=1S/C22H18BrN/c1-22(2)18-8-4-3-7-16(18)17-12-11-15(13-19(17)22)14-24-21-10-6-5-9-20(21)23/h3-14H,1-2H3. The zero-order valence-electron chi connectivity index (χ0n) is 13.8. The van der Waals surface area contributed by atoms with Gasteiger partial charge >= 0.3 is 0 Å². The van der Waals surface area contributed by atoms with E-state index in [1.165, 1.54) is 22.3 Å². The summed E-state index contributed by atoms with van der Waals surface area (Å²) < 4.78 is 1.01. The summed E-state index contributed by atoms with van der Waals surface area (Å²) in [7, 11) is 0. The first-order chi connectivity index (χ1) is 11.6. The van der Waals surface area contributed by atoms with Crippen LogP contribution in [0.5, 0.6) is 0 Å². The van der Waals surface area contributed by atoms with E-state index in [9.17, 15) is 0 Å². The molecule has 0 radical (unpaired) electrons. The van der Waals surface area contributed by atoms with E-state index in [4.69, 9.17) is 0 Å². The number of nitrogens with zero attached hydrogens (tertiary/aromatic N) is 1. The molecule has 4 rings (SSSR count). The van der Waals surface area contributed by atoms with Crippen molar-refractivity contribution in [2.45, 2.75) is 19.3 Å². The molecule has 3 aromatic rings. The van der Waals surface area contributed by atoms with Crippen molar-refractivity contribution in [1.82, 2.24) is 0 Å². The first-order valence-electron chi connectivity index (χ1n) is 8.10. The lowest BCUT2D eigenvalue weighted by Gasteiger charge is -2.21. The molecule has 24 heavy (non-hydrogen) atoms. The number of rotatable bonds is 2. The molecule has 0 unspecified atom stereocenters. The zero-order valence-corrected chi connectivity index (χ0v) is 15.3. The van der Waals surface area contributed by atoms with Crippen LogP contribution in [0.4, 0.5) is 5.69 Å². The van der Waals surface area contributed by atoms with Crippen LogP contribution in [0.3, 0.4) is 0 Å². The molecule has 2 heteroatoms. The molecule has 1 aliphatic rings. The number of aliphatic imine (C=N–C) groups is 1. The van der Waals surface area contributed by atoms with Gasteiger partial charge in [0.25, 0.3) is 0 Å². The smallest absolute Gasteiger partial charge is 0.0771 e. The van der Waals surface area contributed by atoms with Crippen LogP contribution in [0.25, 0.3) is 11.1 Å². The van der Waals surface area contributed by atoms with Crippen LogP contribution in [-0.4, -0.2) is 6.21 Å². The Labute approximate surface area is 151 Å². The normalized spacial score (nSPS) is 14.6. The van der Waals surface area contributed by atoms with Crippen LogP contribution in [0.15, 0.2) is 76.2 Å². The third kappa shape index (κ3) is 2.42. The minimum atomic E-state index is 0.0309. The van der Waals surface area contributed by atoms with E-state index in [1.807, 2.05) is 30.5 Å². The molecule has 0 spiro atoms. The molecule has 0 atom stereocenters. The molecule has 0 saturated carbocycles. The van der Waals surface area contributed by atoms with Gasteiger partial charge in [0.05, 0.1) is 5.69 Å². The van der Waals surface area contributed by atoms with Gasteiger partial charge in [-0.15, -0.1) is 0 Å². The fourth-order valence-corrected chi connectivity index (χ4v) is 3.89. The maximum atomic E-state index is 4.63. The second-order valence-corrected chi connectivity index (χ2v) is 7.54. The van der Waals surface area contributed by atoms with Crippen molar-refractivity contribution in [3.8, 4) is 11.1 Å². The lowest BCUT2D eigenvalue weighted by molar-refractivity contribution is 0.660. The molecular weight excluding hydrogens is 358 g/mol. The summed E-state index contributed by atoms with van der Waals surface area (Å²) in [5, 5.41) is 0. The van der Waals surface area contributed by atoms with Crippen molar-refractivity contribution in [1.29, 1.82) is 0 Å². The van der Waals surface area contributed by atoms with E-state index in [-0.39, 0.29) is 5.41 Å². The van der Waals surface area contributed by atoms with Gasteiger partial charge in [0, 0.05) is 16.1 Å². The molecule has 0 saturated heterocycles. The van der Waals surface area contributed by atoms with Crippen LogP contribution >= 0.6 is 15.9 Å². The van der Waals surface area contributed by atoms with Gasteiger partial charge in [0.2, 0.25) is 0 Å². The van der Waals surface area contributed by atoms with Crippen molar-refractivity contribution >= 4 is 27.8 Å². The van der Waals surface area contributed by atoms with Crippen LogP contribution in [-0.2, 0) is 5.41 Å². The predicted molar refractivity (Wildman–Crippen MR) is 105 cm³/mol. The largest absolute Gasteiger partial charge is 0.255 e. The second-order valence-electron chi connectivity index (χ2n) is 6.69. The van der Waals surface area contributed by atoms with E-state index in [1.54, 1.807) is 0 Å². The molecule has 0 heterocycles. The molecule has 1 nitrogen and oxygen atoms in total. The molecule has 0 N–H and O–H groups in total. The molecule has 0 fully saturated rings. The average molecular weight is 376 g/mol. The maximum Gasteiger partial charge on any atom is 0.0771 e. The van der Waals surface area contributed by atoms with Gasteiger partial charge in [-0.25, -0.2) is 0 Å². The summed E-state index contributed by atoms with van der Waals surface area (Å²) in [5.41, 5.74) is 7.58. The SMILES string of the molecule is CC1(C)c2ccccc2-c2ccc(C=Nc3ccccc3Br)cc21. The van der Waals surface area contributed by atoms with Gasteiger partial charge in [-0.3, -0.25) is 4.99 Å². The van der Waals surface area contributed by atoms with Gasteiger partial charge in [-0.1, -0.05) is 62.4 Å². The summed E-state index contributed by atoms with van der Waals surface area (Å²) in [5.74, 6) is 0. The highest BCUT2D eigenvalue weighted by Gasteiger charge is 2.34. The lowest BCUT2D eigenvalue weighted by atomic mass is 9.82. The highest BCUT2D eigenvalue weighted by Crippen LogP contribution is 2.48. The summed E-state index contributed by atoms with van der Waals surface area (Å²) >= 11 is 3.54. The monoisotopic (exact) mass is 375 g/mol. The molecule has 1 aliphatic carbocycles. The number of benzene rings is 3. The Morgan fingerprint density at radius 2 is 1.54 bits per heavy atom. The van der Waals surface area contributed by atoms with E-state index in [2.05, 4.69) is 77.2 Å². The van der Waals surface area contributed by atoms with Gasteiger partial charge in [-0.2, -0.15) is 0 Å². The first-order valence-corrected chi connectivity index (χ1v) is 8.90. The lowest BCUT2D eigenvalue weighted by Crippen LogP contribution is -2.15. The molecule has 3 aromatic carbocycles. The Morgan fingerprint density at radius 1 is 0.833 bits per heavy atom. The molecule has 0 aliphatic heterocycles. The average Bonchev–Trinajstić information content (AvgIpc) is 2.82. The fraction of sp³-hybridized carbons (Fsp3) is 0.136.